The van der Waals surface area contributed by atoms with E-state index in [2.05, 4.69) is 15.3 Å². The molecule has 1 heterocycles. The Balaban J connectivity index is 2.24. The van der Waals surface area contributed by atoms with Gasteiger partial charge in [-0.1, -0.05) is 12.1 Å². The van der Waals surface area contributed by atoms with Crippen LogP contribution in [0.5, 0.6) is 5.75 Å². The fourth-order valence-corrected chi connectivity index (χ4v) is 1.95. The van der Waals surface area contributed by atoms with E-state index in [1.807, 2.05) is 37.4 Å². The highest BCUT2D eigenvalue weighted by Gasteiger charge is 2.06. The highest BCUT2D eigenvalue weighted by molar-refractivity contribution is 5.36. The molecule has 0 saturated carbocycles. The number of ether oxygens (including phenoxy) is 2. The quantitative estimate of drug-likeness (QED) is 0.875. The Morgan fingerprint density at radius 2 is 2.00 bits per heavy atom. The summed E-state index contributed by atoms with van der Waals surface area (Å²) in [5.74, 6) is 2.39. The smallest absolute Gasteiger partial charge is 0.135 e. The summed E-state index contributed by atoms with van der Waals surface area (Å²) in [4.78, 5) is 8.97. The van der Waals surface area contributed by atoms with Crippen LogP contribution in [0.1, 0.15) is 17.1 Å². The Morgan fingerprint density at radius 1 is 1.15 bits per heavy atom. The van der Waals surface area contributed by atoms with E-state index in [0.717, 1.165) is 28.6 Å². The number of hydrogen-bond donors (Lipinski definition) is 1. The van der Waals surface area contributed by atoms with Crippen molar-refractivity contribution in [3.63, 3.8) is 0 Å². The Labute approximate surface area is 119 Å². The molecule has 106 valence electrons. The van der Waals surface area contributed by atoms with Gasteiger partial charge in [0.25, 0.3) is 0 Å². The van der Waals surface area contributed by atoms with E-state index in [0.29, 0.717) is 13.0 Å². The molecule has 1 aromatic heterocycles. The first-order valence-electron chi connectivity index (χ1n) is 6.41. The van der Waals surface area contributed by atoms with Crippen LogP contribution in [0.2, 0.25) is 0 Å². The molecule has 0 aliphatic heterocycles. The molecule has 0 fully saturated rings. The summed E-state index contributed by atoms with van der Waals surface area (Å²) < 4.78 is 10.4. The van der Waals surface area contributed by atoms with Crippen molar-refractivity contribution in [2.24, 2.45) is 0 Å². The van der Waals surface area contributed by atoms with Gasteiger partial charge in [-0.15, -0.1) is 0 Å². The lowest BCUT2D eigenvalue weighted by Gasteiger charge is -2.08. The maximum absolute atomic E-state index is 5.23. The van der Waals surface area contributed by atoms with Gasteiger partial charge in [0.1, 0.15) is 17.4 Å². The predicted molar refractivity (Wildman–Crippen MR) is 78.1 cm³/mol. The van der Waals surface area contributed by atoms with Gasteiger partial charge in [-0.3, -0.25) is 0 Å². The molecule has 2 aromatic rings. The molecule has 20 heavy (non-hydrogen) atoms. The van der Waals surface area contributed by atoms with E-state index in [4.69, 9.17) is 9.47 Å². The van der Waals surface area contributed by atoms with Crippen LogP contribution in [0.25, 0.3) is 0 Å². The number of nitrogens with one attached hydrogen (secondary N) is 1. The zero-order valence-electron chi connectivity index (χ0n) is 12.0. The van der Waals surface area contributed by atoms with Gasteiger partial charge in [0.2, 0.25) is 0 Å². The largest absolute Gasteiger partial charge is 0.497 e. The first-order chi connectivity index (χ1) is 9.75. The van der Waals surface area contributed by atoms with E-state index >= 15 is 0 Å². The summed E-state index contributed by atoms with van der Waals surface area (Å²) in [5.41, 5.74) is 1.98. The molecule has 0 aliphatic rings. The average Bonchev–Trinajstić information content (AvgIpc) is 2.47. The van der Waals surface area contributed by atoms with Crippen LogP contribution < -0.4 is 10.1 Å². The van der Waals surface area contributed by atoms with Crippen molar-refractivity contribution in [3.8, 4) is 5.75 Å². The number of methoxy groups -OCH3 is 2. The van der Waals surface area contributed by atoms with E-state index in [9.17, 15) is 0 Å². The fraction of sp³-hybridized carbons (Fsp3) is 0.333. The van der Waals surface area contributed by atoms with Gasteiger partial charge >= 0.3 is 0 Å². The molecule has 2 rings (SSSR count). The van der Waals surface area contributed by atoms with E-state index in [-0.39, 0.29) is 0 Å². The van der Waals surface area contributed by atoms with Crippen LogP contribution in [0.3, 0.4) is 0 Å². The van der Waals surface area contributed by atoms with Crippen molar-refractivity contribution in [3.05, 3.63) is 47.4 Å². The fourth-order valence-electron chi connectivity index (χ4n) is 1.95. The second-order valence-electron chi connectivity index (χ2n) is 4.37. The predicted octanol–water partition coefficient (Wildman–Crippen LogP) is 2.26. The molecular weight excluding hydrogens is 254 g/mol. The van der Waals surface area contributed by atoms with Crippen molar-refractivity contribution < 1.29 is 9.47 Å². The Bertz CT molecular complexity index is 573. The number of rotatable bonds is 6. The monoisotopic (exact) mass is 273 g/mol. The maximum Gasteiger partial charge on any atom is 0.135 e. The molecule has 5 heteroatoms. The summed E-state index contributed by atoms with van der Waals surface area (Å²) in [6.07, 6.45) is 0.656. The zero-order valence-corrected chi connectivity index (χ0v) is 12.0. The summed E-state index contributed by atoms with van der Waals surface area (Å²) in [6.45, 7) is 0.475. The molecule has 0 amide bonds. The molecule has 5 nitrogen and oxygen atoms in total. The number of aromatic nitrogens is 2. The van der Waals surface area contributed by atoms with Crippen LogP contribution in [-0.2, 0) is 17.8 Å². The third-order valence-corrected chi connectivity index (χ3v) is 2.87. The van der Waals surface area contributed by atoms with Crippen molar-refractivity contribution in [1.29, 1.82) is 0 Å². The average molecular weight is 273 g/mol. The Hall–Kier alpha value is -2.14. The minimum Gasteiger partial charge on any atom is -0.497 e. The van der Waals surface area contributed by atoms with Crippen LogP contribution >= 0.6 is 0 Å². The standard InChI is InChI=1S/C15H19N3O2/c1-16-14-9-12(10-19-2)17-15(18-14)8-11-5-4-6-13(7-11)20-3/h4-7,9H,8,10H2,1-3H3,(H,16,17,18). The lowest BCUT2D eigenvalue weighted by atomic mass is 10.1. The normalized spacial score (nSPS) is 10.3. The molecule has 0 spiro atoms. The Kier molecular flexibility index (Phi) is 4.90. The van der Waals surface area contributed by atoms with Gasteiger partial charge in [0.15, 0.2) is 0 Å². The van der Waals surface area contributed by atoms with Gasteiger partial charge in [-0.25, -0.2) is 9.97 Å². The third kappa shape index (κ3) is 3.68. The number of nitrogens with zero attached hydrogens (tertiary/aromatic N) is 2. The number of benzene rings is 1. The molecule has 0 saturated heterocycles. The van der Waals surface area contributed by atoms with E-state index in [1.165, 1.54) is 0 Å². The molecule has 1 aromatic carbocycles. The summed E-state index contributed by atoms with van der Waals surface area (Å²) in [6, 6.07) is 9.80. The van der Waals surface area contributed by atoms with Crippen LogP contribution in [0.15, 0.2) is 30.3 Å². The lowest BCUT2D eigenvalue weighted by Crippen LogP contribution is -2.05. The van der Waals surface area contributed by atoms with Crippen LogP contribution in [-0.4, -0.2) is 31.2 Å². The van der Waals surface area contributed by atoms with Gasteiger partial charge < -0.3 is 14.8 Å². The molecule has 1 N–H and O–H groups in total. The van der Waals surface area contributed by atoms with Crippen LogP contribution in [0.4, 0.5) is 5.82 Å². The van der Waals surface area contributed by atoms with Gasteiger partial charge in [-0.05, 0) is 17.7 Å². The van der Waals surface area contributed by atoms with Crippen LogP contribution in [0, 0.1) is 0 Å². The van der Waals surface area contributed by atoms with Crippen molar-refractivity contribution >= 4 is 5.82 Å². The van der Waals surface area contributed by atoms with Gasteiger partial charge in [-0.2, -0.15) is 0 Å². The molecular formula is C15H19N3O2. The lowest BCUT2D eigenvalue weighted by molar-refractivity contribution is 0.181. The minimum atomic E-state index is 0.475. The molecule has 0 unspecified atom stereocenters. The summed E-state index contributed by atoms with van der Waals surface area (Å²) in [5, 5.41) is 3.04. The molecule has 0 radical (unpaired) electrons. The molecule has 0 aliphatic carbocycles. The Morgan fingerprint density at radius 3 is 2.70 bits per heavy atom. The number of hydrogen-bond acceptors (Lipinski definition) is 5. The van der Waals surface area contributed by atoms with E-state index < -0.39 is 0 Å². The van der Waals surface area contributed by atoms with Crippen molar-refractivity contribution in [1.82, 2.24) is 9.97 Å². The summed E-state index contributed by atoms with van der Waals surface area (Å²) >= 11 is 0. The maximum atomic E-state index is 5.23. The van der Waals surface area contributed by atoms with Crippen molar-refractivity contribution in [2.45, 2.75) is 13.0 Å². The molecule has 0 bridgehead atoms. The first-order valence-corrected chi connectivity index (χ1v) is 6.41. The second-order valence-corrected chi connectivity index (χ2v) is 4.37. The zero-order chi connectivity index (χ0) is 14.4. The highest BCUT2D eigenvalue weighted by Crippen LogP contribution is 2.16. The van der Waals surface area contributed by atoms with Gasteiger partial charge in [0, 0.05) is 26.6 Å². The summed E-state index contributed by atoms with van der Waals surface area (Å²) in [7, 11) is 5.16. The van der Waals surface area contributed by atoms with E-state index in [1.54, 1.807) is 14.2 Å². The van der Waals surface area contributed by atoms with Crippen molar-refractivity contribution in [2.75, 3.05) is 26.6 Å². The minimum absolute atomic E-state index is 0.475. The second kappa shape index (κ2) is 6.86. The first kappa shape index (κ1) is 14.3. The molecule has 0 atom stereocenters. The third-order valence-electron chi connectivity index (χ3n) is 2.87. The highest BCUT2D eigenvalue weighted by atomic mass is 16.5. The number of anilines is 1. The topological polar surface area (TPSA) is 56.3 Å². The SMILES string of the molecule is CNc1cc(COC)nc(Cc2cccc(OC)c2)n1. The van der Waals surface area contributed by atoms with Gasteiger partial charge in [0.05, 0.1) is 19.4 Å².